The van der Waals surface area contributed by atoms with Crippen molar-refractivity contribution in [3.05, 3.63) is 0 Å². The van der Waals surface area contributed by atoms with Crippen molar-refractivity contribution < 1.29 is 19.8 Å². The highest BCUT2D eigenvalue weighted by Gasteiger charge is 2.44. The zero-order valence-corrected chi connectivity index (χ0v) is 25.2. The van der Waals surface area contributed by atoms with Gasteiger partial charge in [0.05, 0.1) is 18.3 Å². The summed E-state index contributed by atoms with van der Waals surface area (Å²) < 4.78 is 6.04. The third-order valence-corrected chi connectivity index (χ3v) is 7.65. The summed E-state index contributed by atoms with van der Waals surface area (Å²) >= 11 is 0. The zero-order chi connectivity index (χ0) is 27.1. The van der Waals surface area contributed by atoms with E-state index in [0.717, 1.165) is 25.7 Å². The molecular weight excluding hydrogens is 450 g/mol. The largest absolute Gasteiger partial charge is 0.393 e. The number of nitrogens with zero attached hydrogens (tertiary/aromatic N) is 1. The first-order valence-electron chi connectivity index (χ1n) is 15.4. The Kier molecular flexibility index (Phi) is 16.4. The number of aliphatic hydroxyl groups is 2. The van der Waals surface area contributed by atoms with E-state index < -0.39 is 11.9 Å². The average molecular weight is 514 g/mol. The molecule has 0 spiro atoms. The summed E-state index contributed by atoms with van der Waals surface area (Å²) in [6.07, 6.45) is 20.7. The molecule has 1 fully saturated rings. The zero-order valence-electron chi connectivity index (χ0n) is 25.2. The van der Waals surface area contributed by atoms with E-state index >= 15 is 0 Å². The lowest BCUT2D eigenvalue weighted by Crippen LogP contribution is -2.59. The van der Waals surface area contributed by atoms with Gasteiger partial charge in [-0.05, 0) is 73.6 Å². The molecule has 5 heteroatoms. The Balaban J connectivity index is 2.32. The molecule has 1 rings (SSSR count). The van der Waals surface area contributed by atoms with Crippen molar-refractivity contribution in [2.75, 3.05) is 6.61 Å². The Morgan fingerprint density at radius 3 is 1.69 bits per heavy atom. The van der Waals surface area contributed by atoms with Crippen molar-refractivity contribution in [2.24, 2.45) is 0 Å². The van der Waals surface area contributed by atoms with Crippen LogP contribution in [0.15, 0.2) is 0 Å². The van der Waals surface area contributed by atoms with Crippen molar-refractivity contribution in [1.82, 2.24) is 5.06 Å². The second kappa shape index (κ2) is 17.4. The number of unbranched alkanes of at least 4 members (excludes halogenated alkanes) is 11. The van der Waals surface area contributed by atoms with Crippen LogP contribution in [0.4, 0.5) is 0 Å². The molecule has 0 aromatic carbocycles. The summed E-state index contributed by atoms with van der Waals surface area (Å²) in [7, 11) is 0. The van der Waals surface area contributed by atoms with E-state index in [1.807, 2.05) is 0 Å². The molecule has 0 amide bonds. The van der Waals surface area contributed by atoms with E-state index in [0.29, 0.717) is 12.8 Å². The van der Waals surface area contributed by atoms with Gasteiger partial charge in [-0.25, -0.2) is 0 Å². The van der Waals surface area contributed by atoms with Gasteiger partial charge in [0.1, 0.15) is 0 Å². The molecule has 0 aromatic rings. The van der Waals surface area contributed by atoms with Crippen molar-refractivity contribution in [3.63, 3.8) is 0 Å². The van der Waals surface area contributed by atoms with Crippen LogP contribution in [0.1, 0.15) is 164 Å². The minimum Gasteiger partial charge on any atom is -0.393 e. The monoisotopic (exact) mass is 513 g/mol. The van der Waals surface area contributed by atoms with Gasteiger partial charge >= 0.3 is 0 Å². The van der Waals surface area contributed by atoms with E-state index in [2.05, 4.69) is 39.7 Å². The number of rotatable bonds is 21. The van der Waals surface area contributed by atoms with Crippen LogP contribution in [0.3, 0.4) is 0 Å². The molecule has 2 unspecified atom stereocenters. The summed E-state index contributed by atoms with van der Waals surface area (Å²) in [5, 5.41) is 22.9. The van der Waals surface area contributed by atoms with Gasteiger partial charge in [-0.2, -0.15) is 5.06 Å². The highest BCUT2D eigenvalue weighted by molar-refractivity contribution is 4.93. The summed E-state index contributed by atoms with van der Waals surface area (Å²) in [6.45, 7) is 14.9. The van der Waals surface area contributed by atoms with Gasteiger partial charge < -0.3 is 14.9 Å². The van der Waals surface area contributed by atoms with Gasteiger partial charge in [-0.15, -0.1) is 0 Å². The maximum atomic E-state index is 10.6. The van der Waals surface area contributed by atoms with Gasteiger partial charge in [0.2, 0.25) is 0 Å². The van der Waals surface area contributed by atoms with Gasteiger partial charge in [0.25, 0.3) is 0 Å². The van der Waals surface area contributed by atoms with Crippen LogP contribution in [0.2, 0.25) is 0 Å². The smallest absolute Gasteiger partial charge is 0.177 e. The normalized spacial score (nSPS) is 19.9. The molecule has 1 saturated heterocycles. The fourth-order valence-corrected chi connectivity index (χ4v) is 5.54. The molecule has 5 nitrogen and oxygen atoms in total. The maximum absolute atomic E-state index is 10.6. The van der Waals surface area contributed by atoms with Crippen LogP contribution in [0.5, 0.6) is 0 Å². The lowest BCUT2D eigenvalue weighted by molar-refractivity contribution is -0.358. The standard InChI is InChI=1S/C31H63NO4/c1-8-9-10-11-12-13-14-15-16-17-18-19-21-27(33)22-23-28(35-26-31(6,7)34)36-32-29(2,3)24-20-25-30(32,4)5/h27-28,33-34H,8-26H2,1-7H3. The topological polar surface area (TPSA) is 62.2 Å². The highest BCUT2D eigenvalue weighted by Crippen LogP contribution is 2.39. The van der Waals surface area contributed by atoms with Crippen molar-refractivity contribution >= 4 is 0 Å². The fraction of sp³-hybridized carbons (Fsp3) is 1.00. The van der Waals surface area contributed by atoms with E-state index in [1.54, 1.807) is 13.8 Å². The highest BCUT2D eigenvalue weighted by atomic mass is 16.8. The van der Waals surface area contributed by atoms with Gasteiger partial charge in [0, 0.05) is 17.5 Å². The van der Waals surface area contributed by atoms with Crippen molar-refractivity contribution in [3.8, 4) is 0 Å². The van der Waals surface area contributed by atoms with Crippen LogP contribution < -0.4 is 0 Å². The van der Waals surface area contributed by atoms with E-state index in [-0.39, 0.29) is 23.8 Å². The van der Waals surface area contributed by atoms with Crippen molar-refractivity contribution in [1.29, 1.82) is 0 Å². The number of piperidine rings is 1. The molecule has 1 heterocycles. The minimum absolute atomic E-state index is 0.0776. The van der Waals surface area contributed by atoms with Crippen LogP contribution in [-0.4, -0.2) is 51.0 Å². The molecule has 2 N–H and O–H groups in total. The minimum atomic E-state index is -0.914. The average Bonchev–Trinajstić information content (AvgIpc) is 2.77. The SMILES string of the molecule is CCCCCCCCCCCCCCC(O)CCC(OCC(C)(C)O)ON1C(C)(C)CCCC1(C)C. The molecule has 0 aromatic heterocycles. The Labute approximate surface area is 224 Å². The predicted octanol–water partition coefficient (Wildman–Crippen LogP) is 8.31. The fourth-order valence-electron chi connectivity index (χ4n) is 5.54. The third kappa shape index (κ3) is 15.3. The van der Waals surface area contributed by atoms with E-state index in [4.69, 9.17) is 9.57 Å². The maximum Gasteiger partial charge on any atom is 0.177 e. The molecule has 1 aliphatic heterocycles. The van der Waals surface area contributed by atoms with Crippen LogP contribution >= 0.6 is 0 Å². The van der Waals surface area contributed by atoms with E-state index in [1.165, 1.54) is 77.0 Å². The number of hydrogen-bond donors (Lipinski definition) is 2. The lowest BCUT2D eigenvalue weighted by Gasteiger charge is -2.52. The van der Waals surface area contributed by atoms with Crippen molar-refractivity contribution in [2.45, 2.75) is 193 Å². The first-order valence-corrected chi connectivity index (χ1v) is 15.4. The molecule has 1 aliphatic rings. The van der Waals surface area contributed by atoms with Gasteiger partial charge in [-0.3, -0.25) is 4.84 Å². The molecule has 0 aliphatic carbocycles. The molecule has 36 heavy (non-hydrogen) atoms. The van der Waals surface area contributed by atoms with Gasteiger partial charge in [0.15, 0.2) is 6.29 Å². The Bertz CT molecular complexity index is 527. The predicted molar refractivity (Wildman–Crippen MR) is 152 cm³/mol. The number of aliphatic hydroxyl groups excluding tert-OH is 1. The molecule has 216 valence electrons. The molecule has 0 bridgehead atoms. The number of ether oxygens (including phenoxy) is 1. The van der Waals surface area contributed by atoms with Crippen LogP contribution in [0.25, 0.3) is 0 Å². The first-order chi connectivity index (χ1) is 16.9. The van der Waals surface area contributed by atoms with Crippen LogP contribution in [-0.2, 0) is 9.57 Å². The van der Waals surface area contributed by atoms with E-state index in [9.17, 15) is 10.2 Å². The third-order valence-electron chi connectivity index (χ3n) is 7.65. The second-order valence-corrected chi connectivity index (χ2v) is 13.3. The number of hydroxylamine groups is 2. The van der Waals surface area contributed by atoms with Crippen LogP contribution in [0, 0.1) is 0 Å². The summed E-state index contributed by atoms with van der Waals surface area (Å²) in [6, 6.07) is 0. The first kappa shape index (κ1) is 33.8. The second-order valence-electron chi connectivity index (χ2n) is 13.3. The Hall–Kier alpha value is -0.200. The Morgan fingerprint density at radius 2 is 1.22 bits per heavy atom. The Morgan fingerprint density at radius 1 is 0.750 bits per heavy atom. The quantitative estimate of drug-likeness (QED) is 0.119. The summed E-state index contributed by atoms with van der Waals surface area (Å²) in [5.41, 5.74) is -1.07. The summed E-state index contributed by atoms with van der Waals surface area (Å²) in [5.74, 6) is 0. The van der Waals surface area contributed by atoms with Gasteiger partial charge in [-0.1, -0.05) is 84.0 Å². The molecule has 0 saturated carbocycles. The number of hydrogen-bond acceptors (Lipinski definition) is 5. The molecule has 2 atom stereocenters. The molecular formula is C31H63NO4. The summed E-state index contributed by atoms with van der Waals surface area (Å²) in [4.78, 5) is 6.47. The molecule has 0 radical (unpaired) electrons. The lowest BCUT2D eigenvalue weighted by atomic mass is 9.82.